The fraction of sp³-hybridized carbons (Fsp3) is 0.600. The molecule has 18 heavy (non-hydrogen) atoms. The number of nitrogens with zero attached hydrogens (tertiary/aromatic N) is 7. The van der Waals surface area contributed by atoms with Crippen LogP contribution in [0.15, 0.2) is 0 Å². The van der Waals surface area contributed by atoms with Crippen LogP contribution in [0, 0.1) is 11.5 Å². The maximum Gasteiger partial charge on any atom is 0.231 e. The van der Waals surface area contributed by atoms with Crippen LogP contribution in [0.3, 0.4) is 0 Å². The van der Waals surface area contributed by atoms with Crippen LogP contribution in [-0.4, -0.2) is 57.2 Å². The first-order chi connectivity index (χ1) is 8.33. The molecule has 0 spiro atoms. The van der Waals surface area contributed by atoms with Crippen LogP contribution in [0.25, 0.3) is 0 Å². The quantitative estimate of drug-likeness (QED) is 0.567. The molecule has 0 aliphatic rings. The van der Waals surface area contributed by atoms with Crippen LogP contribution in [0.5, 0.6) is 0 Å². The highest BCUT2D eigenvalue weighted by Crippen LogP contribution is 2.14. The van der Waals surface area contributed by atoms with Gasteiger partial charge in [-0.05, 0) is 0 Å². The lowest BCUT2D eigenvalue weighted by molar-refractivity contribution is 0.886. The Hall–Kier alpha value is -2.30. The van der Waals surface area contributed by atoms with Crippen molar-refractivity contribution in [1.29, 1.82) is 5.26 Å². The monoisotopic (exact) mass is 252 g/mol. The SMILES string of the molecule is CN(C)c1nc(N(C)C)nc(N(C)C)n1.N#CN. The largest absolute Gasteiger partial charge is 0.347 e. The minimum absolute atomic E-state index is 0.664. The minimum Gasteiger partial charge on any atom is -0.347 e. The third kappa shape index (κ3) is 4.69. The Morgan fingerprint density at radius 1 is 0.778 bits per heavy atom. The van der Waals surface area contributed by atoms with Gasteiger partial charge in [0, 0.05) is 42.3 Å². The van der Waals surface area contributed by atoms with Crippen molar-refractivity contribution in [2.75, 3.05) is 57.0 Å². The third-order valence-corrected chi connectivity index (χ3v) is 1.80. The average molecular weight is 252 g/mol. The molecule has 0 aliphatic carbocycles. The topological polar surface area (TPSA) is 98.2 Å². The molecule has 1 aromatic rings. The minimum atomic E-state index is 0.664. The summed E-state index contributed by atoms with van der Waals surface area (Å²) < 4.78 is 0. The van der Waals surface area contributed by atoms with E-state index in [1.807, 2.05) is 57.0 Å². The van der Waals surface area contributed by atoms with Crippen molar-refractivity contribution in [2.45, 2.75) is 0 Å². The van der Waals surface area contributed by atoms with Crippen molar-refractivity contribution in [1.82, 2.24) is 15.0 Å². The van der Waals surface area contributed by atoms with E-state index >= 15 is 0 Å². The summed E-state index contributed by atoms with van der Waals surface area (Å²) in [5, 5.41) is 7.10. The molecule has 100 valence electrons. The Kier molecular flexibility index (Phi) is 6.20. The summed E-state index contributed by atoms with van der Waals surface area (Å²) >= 11 is 0. The Morgan fingerprint density at radius 2 is 0.944 bits per heavy atom. The molecule has 0 atom stereocenters. The second-order valence-electron chi connectivity index (χ2n) is 4.05. The number of nitriles is 1. The number of rotatable bonds is 3. The molecule has 0 aliphatic heterocycles. The van der Waals surface area contributed by atoms with Crippen LogP contribution in [0.4, 0.5) is 17.8 Å². The van der Waals surface area contributed by atoms with Gasteiger partial charge in [-0.25, -0.2) is 0 Å². The molecule has 0 unspecified atom stereocenters. The van der Waals surface area contributed by atoms with E-state index in [4.69, 9.17) is 5.26 Å². The van der Waals surface area contributed by atoms with E-state index in [1.165, 1.54) is 6.19 Å². The number of aromatic nitrogens is 3. The second kappa shape index (κ2) is 7.11. The van der Waals surface area contributed by atoms with E-state index in [9.17, 15) is 0 Å². The fourth-order valence-corrected chi connectivity index (χ4v) is 0.943. The Labute approximate surface area is 108 Å². The van der Waals surface area contributed by atoms with E-state index < -0.39 is 0 Å². The lowest BCUT2D eigenvalue weighted by Gasteiger charge is -2.18. The van der Waals surface area contributed by atoms with E-state index in [-0.39, 0.29) is 0 Å². The molecule has 0 aromatic carbocycles. The number of hydrogen-bond acceptors (Lipinski definition) is 8. The first kappa shape index (κ1) is 15.7. The highest BCUT2D eigenvalue weighted by Gasteiger charge is 2.10. The number of anilines is 3. The molecule has 0 bridgehead atoms. The molecule has 1 rings (SSSR count). The maximum absolute atomic E-state index is 7.10. The third-order valence-electron chi connectivity index (χ3n) is 1.80. The van der Waals surface area contributed by atoms with Gasteiger partial charge in [0.15, 0.2) is 6.19 Å². The van der Waals surface area contributed by atoms with E-state index in [1.54, 1.807) is 0 Å². The second-order valence-corrected chi connectivity index (χ2v) is 4.05. The van der Waals surface area contributed by atoms with Crippen molar-refractivity contribution in [2.24, 2.45) is 5.73 Å². The summed E-state index contributed by atoms with van der Waals surface area (Å²) in [7, 11) is 11.5. The predicted octanol–water partition coefficient (Wildman–Crippen LogP) is -0.504. The molecule has 8 nitrogen and oxygen atoms in total. The van der Waals surface area contributed by atoms with Gasteiger partial charge in [-0.2, -0.15) is 20.2 Å². The van der Waals surface area contributed by atoms with Gasteiger partial charge in [0.1, 0.15) is 0 Å². The highest BCUT2D eigenvalue weighted by molar-refractivity contribution is 5.44. The normalized spacial score (nSPS) is 8.72. The van der Waals surface area contributed by atoms with Crippen LogP contribution >= 0.6 is 0 Å². The van der Waals surface area contributed by atoms with Crippen molar-refractivity contribution >= 4 is 17.8 Å². The standard InChI is InChI=1S/C9H18N6.CH2N2/c1-13(2)7-10-8(14(3)4)12-9(11-7)15(5)6;2-1-3/h1-6H3;2H2. The molecule has 2 N–H and O–H groups in total. The average Bonchev–Trinajstić information content (AvgIpc) is 2.29. The van der Waals surface area contributed by atoms with Crippen molar-refractivity contribution < 1.29 is 0 Å². The summed E-state index contributed by atoms with van der Waals surface area (Å²) in [5.74, 6) is 1.99. The van der Waals surface area contributed by atoms with E-state index in [0.29, 0.717) is 17.8 Å². The molecule has 0 saturated carbocycles. The Balaban J connectivity index is 0.000000873. The zero-order valence-electron chi connectivity index (χ0n) is 11.7. The zero-order chi connectivity index (χ0) is 14.3. The van der Waals surface area contributed by atoms with Gasteiger partial charge in [-0.15, -0.1) is 0 Å². The smallest absolute Gasteiger partial charge is 0.231 e. The molecule has 0 radical (unpaired) electrons. The highest BCUT2D eigenvalue weighted by atomic mass is 15.4. The van der Waals surface area contributed by atoms with Gasteiger partial charge in [0.25, 0.3) is 0 Å². The lowest BCUT2D eigenvalue weighted by Crippen LogP contribution is -2.22. The van der Waals surface area contributed by atoms with Gasteiger partial charge < -0.3 is 20.4 Å². The molecule has 8 heteroatoms. The predicted molar refractivity (Wildman–Crippen MR) is 72.6 cm³/mol. The Bertz CT molecular complexity index is 342. The number of hydrogen-bond donors (Lipinski definition) is 1. The van der Waals surface area contributed by atoms with Gasteiger partial charge in [-0.1, -0.05) is 0 Å². The molecule has 0 amide bonds. The van der Waals surface area contributed by atoms with E-state index in [2.05, 4.69) is 20.7 Å². The first-order valence-electron chi connectivity index (χ1n) is 5.21. The summed E-state index contributed by atoms with van der Waals surface area (Å²) in [6, 6.07) is 0. The fourth-order valence-electron chi connectivity index (χ4n) is 0.943. The van der Waals surface area contributed by atoms with Gasteiger partial charge in [-0.3, -0.25) is 0 Å². The Morgan fingerprint density at radius 3 is 1.06 bits per heavy atom. The van der Waals surface area contributed by atoms with Gasteiger partial charge in [0.05, 0.1) is 0 Å². The lowest BCUT2D eigenvalue weighted by atomic mass is 10.7. The van der Waals surface area contributed by atoms with Crippen LogP contribution in [0.1, 0.15) is 0 Å². The molecular formula is C10H20N8. The van der Waals surface area contributed by atoms with Crippen molar-refractivity contribution in [3.8, 4) is 6.19 Å². The number of nitrogens with two attached hydrogens (primary N) is 1. The zero-order valence-corrected chi connectivity index (χ0v) is 11.7. The summed E-state index contributed by atoms with van der Waals surface area (Å²) in [6.07, 6.45) is 1.25. The van der Waals surface area contributed by atoms with E-state index in [0.717, 1.165) is 0 Å². The van der Waals surface area contributed by atoms with Crippen LogP contribution < -0.4 is 20.4 Å². The van der Waals surface area contributed by atoms with Crippen LogP contribution in [0.2, 0.25) is 0 Å². The maximum atomic E-state index is 7.10. The van der Waals surface area contributed by atoms with Crippen molar-refractivity contribution in [3.63, 3.8) is 0 Å². The first-order valence-corrected chi connectivity index (χ1v) is 5.21. The van der Waals surface area contributed by atoms with Gasteiger partial charge >= 0.3 is 0 Å². The molecular weight excluding hydrogens is 232 g/mol. The summed E-state index contributed by atoms with van der Waals surface area (Å²) in [6.45, 7) is 0. The van der Waals surface area contributed by atoms with Crippen LogP contribution in [-0.2, 0) is 0 Å². The molecule has 1 aromatic heterocycles. The van der Waals surface area contributed by atoms with Crippen molar-refractivity contribution in [3.05, 3.63) is 0 Å². The van der Waals surface area contributed by atoms with Gasteiger partial charge in [0.2, 0.25) is 17.8 Å². The summed E-state index contributed by atoms with van der Waals surface area (Å²) in [4.78, 5) is 18.5. The molecule has 1 heterocycles. The molecule has 0 saturated heterocycles. The summed E-state index contributed by atoms with van der Waals surface area (Å²) in [5.41, 5.74) is 4.15. The molecule has 0 fully saturated rings.